The van der Waals surface area contributed by atoms with Crippen LogP contribution >= 0.6 is 0 Å². The molecule has 0 saturated carbocycles. The van der Waals surface area contributed by atoms with Crippen LogP contribution < -0.4 is 0 Å². The molecule has 0 aliphatic carbocycles. The van der Waals surface area contributed by atoms with Gasteiger partial charge in [-0.25, -0.2) is 9.59 Å². The summed E-state index contributed by atoms with van der Waals surface area (Å²) in [5.74, 6) is -2.13. The van der Waals surface area contributed by atoms with Gasteiger partial charge in [0.05, 0.1) is 11.1 Å². The molecule has 0 unspecified atom stereocenters. The van der Waals surface area contributed by atoms with Crippen molar-refractivity contribution in [1.82, 2.24) is 0 Å². The number of hydrogen-bond acceptors (Lipinski definition) is 2. The molecule has 0 aliphatic rings. The van der Waals surface area contributed by atoms with E-state index in [0.717, 1.165) is 26.9 Å². The van der Waals surface area contributed by atoms with Crippen molar-refractivity contribution in [2.75, 3.05) is 0 Å². The fourth-order valence-electron chi connectivity index (χ4n) is 3.14. The zero-order valence-electron chi connectivity index (χ0n) is 11.3. The number of carbonyl (C=O) groups is 2. The first kappa shape index (κ1) is 12.6. The second-order valence-electron chi connectivity index (χ2n) is 5.30. The smallest absolute Gasteiger partial charge is 0.336 e. The molecular weight excluding hydrogens is 280 g/mol. The summed E-state index contributed by atoms with van der Waals surface area (Å²) in [6.07, 6.45) is 0. The average Bonchev–Trinajstić information content (AvgIpc) is 2.51. The van der Waals surface area contributed by atoms with Gasteiger partial charge in [0.15, 0.2) is 0 Å². The molecule has 4 rings (SSSR count). The first-order chi connectivity index (χ1) is 10.6. The van der Waals surface area contributed by atoms with Crippen LogP contribution in [-0.2, 0) is 0 Å². The van der Waals surface area contributed by atoms with Crippen LogP contribution in [0.1, 0.15) is 20.7 Å². The summed E-state index contributed by atoms with van der Waals surface area (Å²) < 4.78 is 0. The van der Waals surface area contributed by atoms with E-state index < -0.39 is 11.9 Å². The summed E-state index contributed by atoms with van der Waals surface area (Å²) in [7, 11) is 0. The summed E-state index contributed by atoms with van der Waals surface area (Å²) in [4.78, 5) is 22.9. The summed E-state index contributed by atoms with van der Waals surface area (Å²) in [5.41, 5.74) is 0.215. The molecule has 0 spiro atoms. The van der Waals surface area contributed by atoms with Crippen molar-refractivity contribution in [3.63, 3.8) is 0 Å². The minimum absolute atomic E-state index is 0.0911. The van der Waals surface area contributed by atoms with Gasteiger partial charge in [0.2, 0.25) is 0 Å². The van der Waals surface area contributed by atoms with Crippen molar-refractivity contribution in [1.29, 1.82) is 0 Å². The van der Waals surface area contributed by atoms with Gasteiger partial charge in [0, 0.05) is 0 Å². The zero-order chi connectivity index (χ0) is 15.4. The Bertz CT molecular complexity index is 1080. The lowest BCUT2D eigenvalue weighted by atomic mass is 9.90. The summed E-state index contributed by atoms with van der Waals surface area (Å²) >= 11 is 0. The van der Waals surface area contributed by atoms with Gasteiger partial charge < -0.3 is 10.2 Å². The van der Waals surface area contributed by atoms with E-state index in [4.69, 9.17) is 0 Å². The Kier molecular flexibility index (Phi) is 2.39. The fraction of sp³-hybridized carbons (Fsp3) is 0. The molecule has 22 heavy (non-hydrogen) atoms. The molecule has 0 atom stereocenters. The van der Waals surface area contributed by atoms with Crippen LogP contribution in [0.5, 0.6) is 0 Å². The van der Waals surface area contributed by atoms with Crippen molar-refractivity contribution in [3.8, 4) is 0 Å². The highest BCUT2D eigenvalue weighted by Gasteiger charge is 2.17. The van der Waals surface area contributed by atoms with Crippen LogP contribution in [0.15, 0.2) is 48.5 Å². The predicted octanol–water partition coefficient (Wildman–Crippen LogP) is 3.98. The van der Waals surface area contributed by atoms with E-state index in [2.05, 4.69) is 0 Å². The van der Waals surface area contributed by atoms with Gasteiger partial charge in [0.1, 0.15) is 0 Å². The number of rotatable bonds is 2. The number of aromatic carboxylic acids is 2. The highest BCUT2D eigenvalue weighted by Crippen LogP contribution is 2.37. The summed E-state index contributed by atoms with van der Waals surface area (Å²) in [6, 6.07) is 14.1. The molecule has 4 heteroatoms. The van der Waals surface area contributed by atoms with E-state index in [1.165, 1.54) is 6.07 Å². The molecule has 4 nitrogen and oxygen atoms in total. The third-order valence-corrected chi connectivity index (χ3v) is 4.06. The predicted molar refractivity (Wildman–Crippen MR) is 84.1 cm³/mol. The van der Waals surface area contributed by atoms with Crippen LogP contribution in [-0.4, -0.2) is 22.2 Å². The highest BCUT2D eigenvalue weighted by atomic mass is 16.4. The van der Waals surface area contributed by atoms with E-state index in [1.54, 1.807) is 12.1 Å². The van der Waals surface area contributed by atoms with E-state index >= 15 is 0 Å². The Hall–Kier alpha value is -3.14. The highest BCUT2D eigenvalue weighted by molar-refractivity contribution is 6.27. The Labute approximate surface area is 124 Å². The molecule has 0 amide bonds. The monoisotopic (exact) mass is 290 g/mol. The van der Waals surface area contributed by atoms with Gasteiger partial charge in [0.25, 0.3) is 0 Å². The van der Waals surface area contributed by atoms with Gasteiger partial charge in [-0.3, -0.25) is 0 Å². The Morgan fingerprint density at radius 2 is 1.41 bits per heavy atom. The third kappa shape index (κ3) is 1.58. The SMILES string of the molecule is O=C(O)c1cc2ccc3cccc4cc(C(=O)O)c(c1)c2c34. The van der Waals surface area contributed by atoms with Crippen LogP contribution in [0.25, 0.3) is 32.3 Å². The van der Waals surface area contributed by atoms with Crippen LogP contribution in [0, 0.1) is 0 Å². The van der Waals surface area contributed by atoms with Gasteiger partial charge in [-0.1, -0.05) is 30.3 Å². The van der Waals surface area contributed by atoms with Crippen molar-refractivity contribution >= 4 is 44.3 Å². The molecule has 106 valence electrons. The van der Waals surface area contributed by atoms with Gasteiger partial charge in [-0.2, -0.15) is 0 Å². The quantitative estimate of drug-likeness (QED) is 0.547. The maximum Gasteiger partial charge on any atom is 0.336 e. The van der Waals surface area contributed by atoms with Gasteiger partial charge in [-0.15, -0.1) is 0 Å². The van der Waals surface area contributed by atoms with Gasteiger partial charge in [-0.05, 0) is 50.5 Å². The maximum atomic E-state index is 11.6. The van der Waals surface area contributed by atoms with Crippen LogP contribution in [0.3, 0.4) is 0 Å². The number of carboxylic acid groups (broad SMARTS) is 2. The normalized spacial score (nSPS) is 11.5. The average molecular weight is 290 g/mol. The molecule has 0 saturated heterocycles. The molecule has 4 aromatic rings. The first-order valence-electron chi connectivity index (χ1n) is 6.74. The summed E-state index contributed by atoms with van der Waals surface area (Å²) in [6.45, 7) is 0. The first-order valence-corrected chi connectivity index (χ1v) is 6.74. The molecule has 0 radical (unpaired) electrons. The van der Waals surface area contributed by atoms with Crippen molar-refractivity contribution < 1.29 is 19.8 Å². The molecule has 0 heterocycles. The van der Waals surface area contributed by atoms with Crippen LogP contribution in [0.2, 0.25) is 0 Å². The van der Waals surface area contributed by atoms with Crippen LogP contribution in [0.4, 0.5) is 0 Å². The standard InChI is InChI=1S/C18H10O4/c19-17(20)12-6-11-5-4-9-2-1-3-10-7-14(18(21)22)13(8-12)16(11)15(9)10/h1-8H,(H,19,20)(H,21,22). The maximum absolute atomic E-state index is 11.6. The number of carboxylic acids is 2. The lowest BCUT2D eigenvalue weighted by molar-refractivity contribution is 0.0685. The Balaban J connectivity index is 2.35. The van der Waals surface area contributed by atoms with Crippen molar-refractivity contribution in [3.05, 3.63) is 59.7 Å². The molecule has 4 aromatic carbocycles. The largest absolute Gasteiger partial charge is 0.478 e. The van der Waals surface area contributed by atoms with E-state index in [-0.39, 0.29) is 11.1 Å². The molecule has 0 aliphatic heterocycles. The molecule has 0 fully saturated rings. The lowest BCUT2D eigenvalue weighted by Crippen LogP contribution is -2.02. The second-order valence-corrected chi connectivity index (χ2v) is 5.30. The van der Waals surface area contributed by atoms with Crippen molar-refractivity contribution in [2.24, 2.45) is 0 Å². The second kappa shape index (κ2) is 4.18. The Morgan fingerprint density at radius 3 is 2.14 bits per heavy atom. The summed E-state index contributed by atoms with van der Waals surface area (Å²) in [5, 5.41) is 23.6. The molecular formula is C18H10O4. The minimum atomic E-state index is -1.07. The Morgan fingerprint density at radius 1 is 0.727 bits per heavy atom. The fourth-order valence-corrected chi connectivity index (χ4v) is 3.14. The zero-order valence-corrected chi connectivity index (χ0v) is 11.3. The molecule has 0 aromatic heterocycles. The molecule has 2 N–H and O–H groups in total. The third-order valence-electron chi connectivity index (χ3n) is 4.06. The van der Waals surface area contributed by atoms with Gasteiger partial charge >= 0.3 is 11.9 Å². The van der Waals surface area contributed by atoms with E-state index in [9.17, 15) is 19.8 Å². The van der Waals surface area contributed by atoms with Crippen molar-refractivity contribution in [2.45, 2.75) is 0 Å². The van der Waals surface area contributed by atoms with E-state index in [1.807, 2.05) is 30.3 Å². The minimum Gasteiger partial charge on any atom is -0.478 e. The molecule has 0 bridgehead atoms. The topological polar surface area (TPSA) is 74.6 Å². The number of benzene rings is 4. The number of hydrogen-bond donors (Lipinski definition) is 2. The lowest BCUT2D eigenvalue weighted by Gasteiger charge is -2.13. The van der Waals surface area contributed by atoms with E-state index in [0.29, 0.717) is 5.39 Å².